The molecule has 6 nitrogen and oxygen atoms in total. The van der Waals surface area contributed by atoms with E-state index in [9.17, 15) is 14.4 Å². The number of rotatable bonds is 6. The van der Waals surface area contributed by atoms with E-state index in [1.807, 2.05) is 13.8 Å². The van der Waals surface area contributed by atoms with Gasteiger partial charge in [-0.05, 0) is 24.1 Å². The molecule has 1 unspecified atom stereocenters. The number of aliphatic carboxylic acids is 1. The minimum atomic E-state index is -1.09. The molecule has 0 aliphatic rings. The molecule has 0 fully saturated rings. The second kappa shape index (κ2) is 8.85. The zero-order valence-corrected chi connectivity index (χ0v) is 13.2. The maximum absolute atomic E-state index is 12.0. The molecule has 1 aromatic carbocycles. The summed E-state index contributed by atoms with van der Waals surface area (Å²) in [6.07, 6.45) is 1.57. The quantitative estimate of drug-likeness (QED) is 0.787. The Balaban J connectivity index is 0.00000127. The van der Waals surface area contributed by atoms with E-state index in [1.165, 1.54) is 6.07 Å². The largest absolute Gasteiger partial charge is 0.480 e. The fourth-order valence-electron chi connectivity index (χ4n) is 2.05. The number of carboxylic acid groups (broad SMARTS) is 1. The van der Waals surface area contributed by atoms with Gasteiger partial charge in [-0.1, -0.05) is 19.9 Å². The summed E-state index contributed by atoms with van der Waals surface area (Å²) in [4.78, 5) is 33.1. The van der Waals surface area contributed by atoms with Crippen LogP contribution < -0.4 is 11.2 Å². The molecule has 6 heteroatoms. The van der Waals surface area contributed by atoms with Crippen molar-refractivity contribution in [1.29, 1.82) is 0 Å². The molecule has 124 valence electrons. The first-order valence-electron chi connectivity index (χ1n) is 7.49. The van der Waals surface area contributed by atoms with Gasteiger partial charge in [0.15, 0.2) is 5.43 Å². The standard InChI is InChI=1S/C15H15NO5.C2H6/c16-12(15(19)20)7-9-3-4-14-11(6-9)13(18)8-10(21-14)2-1-5-17;1-2/h3-6,8,12H,1-2,7,16H2,(H,19,20);1-2H3. The van der Waals surface area contributed by atoms with E-state index in [4.69, 9.17) is 15.3 Å². The summed E-state index contributed by atoms with van der Waals surface area (Å²) in [5.41, 5.74) is 6.33. The second-order valence-electron chi connectivity index (χ2n) is 4.76. The predicted molar refractivity (Wildman–Crippen MR) is 87.5 cm³/mol. The number of fused-ring (bicyclic) bond motifs is 1. The predicted octanol–water partition coefficient (Wildman–Crippen LogP) is 1.91. The average Bonchev–Trinajstić information content (AvgIpc) is 2.55. The SMILES string of the molecule is CC.NC(Cc1ccc2oc(CCC=O)cc(=O)c2c1)C(=O)O. The van der Waals surface area contributed by atoms with Crippen LogP contribution in [0.25, 0.3) is 11.0 Å². The first-order valence-corrected chi connectivity index (χ1v) is 7.49. The molecule has 23 heavy (non-hydrogen) atoms. The summed E-state index contributed by atoms with van der Waals surface area (Å²) in [7, 11) is 0. The van der Waals surface area contributed by atoms with Crippen LogP contribution >= 0.6 is 0 Å². The van der Waals surface area contributed by atoms with Gasteiger partial charge in [-0.15, -0.1) is 0 Å². The van der Waals surface area contributed by atoms with Crippen LogP contribution in [-0.2, 0) is 22.4 Å². The van der Waals surface area contributed by atoms with Gasteiger partial charge < -0.3 is 20.1 Å². The van der Waals surface area contributed by atoms with Gasteiger partial charge in [0.1, 0.15) is 23.7 Å². The Morgan fingerprint density at radius 2 is 2.04 bits per heavy atom. The van der Waals surface area contributed by atoms with Crippen molar-refractivity contribution >= 4 is 23.2 Å². The molecule has 0 radical (unpaired) electrons. The van der Waals surface area contributed by atoms with E-state index in [0.29, 0.717) is 35.1 Å². The van der Waals surface area contributed by atoms with Crippen molar-refractivity contribution in [2.24, 2.45) is 5.73 Å². The summed E-state index contributed by atoms with van der Waals surface area (Å²) in [5, 5.41) is 9.17. The summed E-state index contributed by atoms with van der Waals surface area (Å²) in [5.74, 6) is -0.638. The van der Waals surface area contributed by atoms with Crippen molar-refractivity contribution in [3.63, 3.8) is 0 Å². The molecule has 2 rings (SSSR count). The number of hydrogen-bond donors (Lipinski definition) is 2. The lowest BCUT2D eigenvalue weighted by atomic mass is 10.0. The maximum Gasteiger partial charge on any atom is 0.320 e. The van der Waals surface area contributed by atoms with Gasteiger partial charge in [-0.2, -0.15) is 0 Å². The molecular formula is C17H21NO5. The zero-order chi connectivity index (χ0) is 17.4. The monoisotopic (exact) mass is 319 g/mol. The highest BCUT2D eigenvalue weighted by Gasteiger charge is 2.13. The van der Waals surface area contributed by atoms with E-state index < -0.39 is 12.0 Å². The lowest BCUT2D eigenvalue weighted by Gasteiger charge is -2.07. The Morgan fingerprint density at radius 1 is 1.35 bits per heavy atom. The molecule has 0 saturated heterocycles. The van der Waals surface area contributed by atoms with Crippen LogP contribution in [0.2, 0.25) is 0 Å². The highest BCUT2D eigenvalue weighted by molar-refractivity contribution is 5.78. The number of aldehydes is 1. The first-order chi connectivity index (χ1) is 11.0. The minimum Gasteiger partial charge on any atom is -0.480 e. The Labute approximate surface area is 133 Å². The maximum atomic E-state index is 12.0. The molecular weight excluding hydrogens is 298 g/mol. The minimum absolute atomic E-state index is 0.137. The third-order valence-electron chi connectivity index (χ3n) is 3.12. The molecule has 0 amide bonds. The van der Waals surface area contributed by atoms with Crippen molar-refractivity contribution in [1.82, 2.24) is 0 Å². The Hall–Kier alpha value is -2.47. The van der Waals surface area contributed by atoms with Crippen LogP contribution in [-0.4, -0.2) is 23.4 Å². The third-order valence-corrected chi connectivity index (χ3v) is 3.12. The van der Waals surface area contributed by atoms with Gasteiger partial charge in [-0.25, -0.2) is 0 Å². The van der Waals surface area contributed by atoms with Crippen LogP contribution in [0.4, 0.5) is 0 Å². The number of benzene rings is 1. The van der Waals surface area contributed by atoms with Crippen LogP contribution in [0.1, 0.15) is 31.6 Å². The number of nitrogens with two attached hydrogens (primary N) is 1. The fraction of sp³-hybridized carbons (Fsp3) is 0.353. The Bertz CT molecular complexity index is 735. The third kappa shape index (κ3) is 5.03. The van der Waals surface area contributed by atoms with Gasteiger partial charge in [0.25, 0.3) is 0 Å². The second-order valence-corrected chi connectivity index (χ2v) is 4.76. The molecule has 0 aliphatic carbocycles. The van der Waals surface area contributed by atoms with Gasteiger partial charge in [-0.3, -0.25) is 9.59 Å². The lowest BCUT2D eigenvalue weighted by Crippen LogP contribution is -2.32. The number of carboxylic acids is 1. The molecule has 3 N–H and O–H groups in total. The van der Waals surface area contributed by atoms with Crippen LogP contribution in [0.15, 0.2) is 33.5 Å². The number of aryl methyl sites for hydroxylation is 1. The smallest absolute Gasteiger partial charge is 0.320 e. The van der Waals surface area contributed by atoms with Gasteiger partial charge in [0, 0.05) is 18.9 Å². The zero-order valence-electron chi connectivity index (χ0n) is 13.2. The number of carbonyl (C=O) groups is 2. The summed E-state index contributed by atoms with van der Waals surface area (Å²) in [6, 6.07) is 5.23. The van der Waals surface area contributed by atoms with E-state index in [1.54, 1.807) is 18.2 Å². The first kappa shape index (κ1) is 18.6. The summed E-state index contributed by atoms with van der Waals surface area (Å²) < 4.78 is 5.55. The van der Waals surface area contributed by atoms with Crippen molar-refractivity contribution in [2.75, 3.05) is 0 Å². The van der Waals surface area contributed by atoms with Crippen LogP contribution in [0, 0.1) is 0 Å². The molecule has 0 bridgehead atoms. The Kier molecular flexibility index (Phi) is 7.15. The molecule has 0 aliphatic heterocycles. The fourth-order valence-corrected chi connectivity index (χ4v) is 2.05. The molecule has 0 saturated carbocycles. The van der Waals surface area contributed by atoms with Gasteiger partial charge >= 0.3 is 5.97 Å². The number of carbonyl (C=O) groups excluding carboxylic acids is 1. The van der Waals surface area contributed by atoms with E-state index in [-0.39, 0.29) is 11.8 Å². The van der Waals surface area contributed by atoms with Gasteiger partial charge in [0.05, 0.1) is 5.39 Å². The molecule has 0 spiro atoms. The van der Waals surface area contributed by atoms with Crippen LogP contribution in [0.3, 0.4) is 0 Å². The Morgan fingerprint density at radius 3 is 2.65 bits per heavy atom. The lowest BCUT2D eigenvalue weighted by molar-refractivity contribution is -0.138. The average molecular weight is 319 g/mol. The normalized spacial score (nSPS) is 11.4. The van der Waals surface area contributed by atoms with Gasteiger partial charge in [0.2, 0.25) is 0 Å². The molecule has 1 aromatic heterocycles. The molecule has 2 aromatic rings. The van der Waals surface area contributed by atoms with E-state index in [0.717, 1.165) is 6.29 Å². The molecule has 1 atom stereocenters. The highest BCUT2D eigenvalue weighted by Crippen LogP contribution is 2.16. The summed E-state index contributed by atoms with van der Waals surface area (Å²) in [6.45, 7) is 4.00. The molecule has 1 heterocycles. The van der Waals surface area contributed by atoms with Crippen molar-refractivity contribution < 1.29 is 19.1 Å². The van der Waals surface area contributed by atoms with E-state index in [2.05, 4.69) is 0 Å². The van der Waals surface area contributed by atoms with Crippen LogP contribution in [0.5, 0.6) is 0 Å². The van der Waals surface area contributed by atoms with Crippen molar-refractivity contribution in [3.8, 4) is 0 Å². The highest BCUT2D eigenvalue weighted by atomic mass is 16.4. The topological polar surface area (TPSA) is 111 Å². The summed E-state index contributed by atoms with van der Waals surface area (Å²) >= 11 is 0. The van der Waals surface area contributed by atoms with Crippen molar-refractivity contribution in [3.05, 3.63) is 45.8 Å². The number of hydrogen-bond acceptors (Lipinski definition) is 5. The van der Waals surface area contributed by atoms with E-state index >= 15 is 0 Å². The van der Waals surface area contributed by atoms with Crippen molar-refractivity contribution in [2.45, 2.75) is 39.2 Å².